The number of carbonyl (C=O) groups is 1. The van der Waals surface area contributed by atoms with Gasteiger partial charge in [-0.3, -0.25) is 4.79 Å². The van der Waals surface area contributed by atoms with Crippen LogP contribution >= 0.6 is 0 Å². The molecule has 0 atom stereocenters. The highest BCUT2D eigenvalue weighted by atomic mass is 16.5. The van der Waals surface area contributed by atoms with Crippen LogP contribution in [0.3, 0.4) is 0 Å². The smallest absolute Gasteiger partial charge is 0.130 e. The number of carbonyl (C=O) groups excluding carboxylic acids is 1. The minimum atomic E-state index is 0.0127. The molecule has 0 unspecified atom stereocenters. The SMILES string of the molecule is CC(=O)CC1(c2ccon2)CCC1. The van der Waals surface area contributed by atoms with Crippen LogP contribution in [0.1, 0.15) is 38.3 Å². The molecular weight excluding hydrogens is 166 g/mol. The molecule has 13 heavy (non-hydrogen) atoms. The van der Waals surface area contributed by atoms with Crippen molar-refractivity contribution in [2.24, 2.45) is 0 Å². The Hall–Kier alpha value is -1.12. The summed E-state index contributed by atoms with van der Waals surface area (Å²) < 4.78 is 4.82. The zero-order valence-electron chi connectivity index (χ0n) is 7.75. The molecule has 1 heterocycles. The summed E-state index contributed by atoms with van der Waals surface area (Å²) in [6.45, 7) is 1.64. The van der Waals surface area contributed by atoms with Gasteiger partial charge in [0.15, 0.2) is 0 Å². The second kappa shape index (κ2) is 2.98. The van der Waals surface area contributed by atoms with E-state index in [4.69, 9.17) is 4.52 Å². The van der Waals surface area contributed by atoms with Crippen LogP contribution in [0.25, 0.3) is 0 Å². The van der Waals surface area contributed by atoms with Crippen molar-refractivity contribution < 1.29 is 9.32 Å². The predicted octanol–water partition coefficient (Wildman–Crippen LogP) is 2.08. The fraction of sp³-hybridized carbons (Fsp3) is 0.600. The van der Waals surface area contributed by atoms with E-state index in [2.05, 4.69) is 5.16 Å². The van der Waals surface area contributed by atoms with Gasteiger partial charge in [-0.15, -0.1) is 0 Å². The number of rotatable bonds is 3. The fourth-order valence-corrected chi connectivity index (χ4v) is 2.09. The van der Waals surface area contributed by atoms with Crippen LogP contribution < -0.4 is 0 Å². The van der Waals surface area contributed by atoms with Gasteiger partial charge in [-0.2, -0.15) is 0 Å². The van der Waals surface area contributed by atoms with Crippen molar-refractivity contribution in [1.29, 1.82) is 0 Å². The van der Waals surface area contributed by atoms with Crippen molar-refractivity contribution in [3.05, 3.63) is 18.0 Å². The van der Waals surface area contributed by atoms with Crippen molar-refractivity contribution in [1.82, 2.24) is 5.16 Å². The molecule has 0 aromatic carbocycles. The fourth-order valence-electron chi connectivity index (χ4n) is 2.09. The second-order valence-corrected chi connectivity index (χ2v) is 3.90. The normalized spacial score (nSPS) is 19.5. The number of Topliss-reactive ketones (excluding diaryl/α,β-unsaturated/α-hetero) is 1. The van der Waals surface area contributed by atoms with Crippen LogP contribution in [-0.4, -0.2) is 10.9 Å². The molecule has 70 valence electrons. The van der Waals surface area contributed by atoms with E-state index >= 15 is 0 Å². The zero-order chi connectivity index (χ0) is 9.31. The summed E-state index contributed by atoms with van der Waals surface area (Å²) in [6, 6.07) is 1.88. The molecule has 1 aromatic heterocycles. The Labute approximate surface area is 77.1 Å². The first-order valence-electron chi connectivity index (χ1n) is 4.63. The molecule has 0 N–H and O–H groups in total. The van der Waals surface area contributed by atoms with Gasteiger partial charge in [0, 0.05) is 17.9 Å². The Balaban J connectivity index is 2.20. The molecule has 3 nitrogen and oxygen atoms in total. The molecule has 1 saturated carbocycles. The maximum atomic E-state index is 11.1. The lowest BCUT2D eigenvalue weighted by atomic mass is 9.64. The number of aromatic nitrogens is 1. The summed E-state index contributed by atoms with van der Waals surface area (Å²) >= 11 is 0. The summed E-state index contributed by atoms with van der Waals surface area (Å²) in [7, 11) is 0. The molecule has 0 aliphatic heterocycles. The minimum Gasteiger partial charge on any atom is -0.364 e. The minimum absolute atomic E-state index is 0.0127. The Morgan fingerprint density at radius 1 is 1.69 bits per heavy atom. The number of hydrogen-bond donors (Lipinski definition) is 0. The van der Waals surface area contributed by atoms with E-state index in [1.807, 2.05) is 6.07 Å². The van der Waals surface area contributed by atoms with Gasteiger partial charge >= 0.3 is 0 Å². The summed E-state index contributed by atoms with van der Waals surface area (Å²) in [5, 5.41) is 3.94. The third-order valence-corrected chi connectivity index (χ3v) is 2.88. The van der Waals surface area contributed by atoms with Crippen molar-refractivity contribution >= 4 is 5.78 Å². The van der Waals surface area contributed by atoms with Gasteiger partial charge in [-0.05, 0) is 19.8 Å². The maximum Gasteiger partial charge on any atom is 0.130 e. The summed E-state index contributed by atoms with van der Waals surface area (Å²) in [5.74, 6) is 0.239. The van der Waals surface area contributed by atoms with E-state index in [-0.39, 0.29) is 11.2 Å². The van der Waals surface area contributed by atoms with Gasteiger partial charge in [0.1, 0.15) is 12.0 Å². The molecular formula is C10H13NO2. The van der Waals surface area contributed by atoms with Gasteiger partial charge < -0.3 is 4.52 Å². The molecule has 2 rings (SSSR count). The lowest BCUT2D eigenvalue weighted by Crippen LogP contribution is -2.36. The standard InChI is InChI=1S/C10H13NO2/c1-8(12)7-10(4-2-5-10)9-3-6-13-11-9/h3,6H,2,4-5,7H2,1H3. The first kappa shape index (κ1) is 8.48. The monoisotopic (exact) mass is 179 g/mol. The van der Waals surface area contributed by atoms with E-state index in [1.54, 1.807) is 13.2 Å². The van der Waals surface area contributed by atoms with Crippen molar-refractivity contribution in [2.45, 2.75) is 38.0 Å². The quantitative estimate of drug-likeness (QED) is 0.713. The van der Waals surface area contributed by atoms with Crippen molar-refractivity contribution in [3.63, 3.8) is 0 Å². The molecule has 0 spiro atoms. The second-order valence-electron chi connectivity index (χ2n) is 3.90. The van der Waals surface area contributed by atoms with Gasteiger partial charge in [0.2, 0.25) is 0 Å². The molecule has 1 aliphatic rings. The Kier molecular flexibility index (Phi) is 1.94. The van der Waals surface area contributed by atoms with Crippen LogP contribution in [0.2, 0.25) is 0 Å². The van der Waals surface area contributed by atoms with Crippen LogP contribution in [0, 0.1) is 0 Å². The van der Waals surface area contributed by atoms with Gasteiger partial charge in [-0.1, -0.05) is 11.6 Å². The van der Waals surface area contributed by atoms with Crippen LogP contribution in [-0.2, 0) is 10.2 Å². The average Bonchev–Trinajstić information content (AvgIpc) is 2.48. The van der Waals surface area contributed by atoms with E-state index in [0.29, 0.717) is 6.42 Å². The van der Waals surface area contributed by atoms with Gasteiger partial charge in [0.05, 0.1) is 5.69 Å². The first-order valence-corrected chi connectivity index (χ1v) is 4.63. The van der Waals surface area contributed by atoms with E-state index in [9.17, 15) is 4.79 Å². The number of hydrogen-bond acceptors (Lipinski definition) is 3. The molecule has 0 bridgehead atoms. The molecule has 0 saturated heterocycles. The van der Waals surface area contributed by atoms with E-state index in [1.165, 1.54) is 6.42 Å². The lowest BCUT2D eigenvalue weighted by molar-refractivity contribution is -0.119. The third kappa shape index (κ3) is 1.39. The van der Waals surface area contributed by atoms with Crippen LogP contribution in [0.15, 0.2) is 16.9 Å². The highest BCUT2D eigenvalue weighted by Gasteiger charge is 2.41. The zero-order valence-corrected chi connectivity index (χ0v) is 7.75. The van der Waals surface area contributed by atoms with E-state index in [0.717, 1.165) is 18.5 Å². The molecule has 3 heteroatoms. The summed E-state index contributed by atoms with van der Waals surface area (Å²) in [6.07, 6.45) is 5.52. The Morgan fingerprint density at radius 2 is 2.46 bits per heavy atom. The Morgan fingerprint density at radius 3 is 2.85 bits per heavy atom. The maximum absolute atomic E-state index is 11.1. The van der Waals surface area contributed by atoms with Gasteiger partial charge in [0.25, 0.3) is 0 Å². The first-order chi connectivity index (χ1) is 6.23. The third-order valence-electron chi connectivity index (χ3n) is 2.88. The van der Waals surface area contributed by atoms with E-state index < -0.39 is 0 Å². The average molecular weight is 179 g/mol. The summed E-state index contributed by atoms with van der Waals surface area (Å²) in [5.41, 5.74) is 0.965. The molecule has 0 amide bonds. The largest absolute Gasteiger partial charge is 0.364 e. The molecule has 1 aliphatic carbocycles. The Bertz CT molecular complexity index is 299. The number of ketones is 1. The highest BCUT2D eigenvalue weighted by Crippen LogP contribution is 2.45. The topological polar surface area (TPSA) is 43.1 Å². The van der Waals surface area contributed by atoms with Crippen molar-refractivity contribution in [3.8, 4) is 0 Å². The van der Waals surface area contributed by atoms with Crippen molar-refractivity contribution in [2.75, 3.05) is 0 Å². The highest BCUT2D eigenvalue weighted by molar-refractivity contribution is 5.77. The van der Waals surface area contributed by atoms with Crippen LogP contribution in [0.4, 0.5) is 0 Å². The van der Waals surface area contributed by atoms with Gasteiger partial charge in [-0.25, -0.2) is 0 Å². The van der Waals surface area contributed by atoms with Crippen LogP contribution in [0.5, 0.6) is 0 Å². The molecule has 1 aromatic rings. The lowest BCUT2D eigenvalue weighted by Gasteiger charge is -2.39. The summed E-state index contributed by atoms with van der Waals surface area (Å²) in [4.78, 5) is 11.1. The predicted molar refractivity (Wildman–Crippen MR) is 47.3 cm³/mol. The number of nitrogens with zero attached hydrogens (tertiary/aromatic N) is 1. The molecule has 0 radical (unpaired) electrons. The molecule has 1 fully saturated rings.